The van der Waals surface area contributed by atoms with Gasteiger partial charge in [-0.15, -0.1) is 0 Å². The number of aromatic carboxylic acids is 1. The van der Waals surface area contributed by atoms with Crippen molar-refractivity contribution in [1.29, 1.82) is 0 Å². The number of nitrogens with zero attached hydrogens (tertiary/aromatic N) is 2. The summed E-state index contributed by atoms with van der Waals surface area (Å²) in [7, 11) is 2.15. The zero-order chi connectivity index (χ0) is 13.1. The van der Waals surface area contributed by atoms with Crippen LogP contribution in [0.1, 0.15) is 22.8 Å². The molecule has 0 radical (unpaired) electrons. The van der Waals surface area contributed by atoms with Crippen molar-refractivity contribution in [3.8, 4) is 0 Å². The Morgan fingerprint density at radius 2 is 2.00 bits per heavy atom. The maximum absolute atomic E-state index is 10.8. The first-order chi connectivity index (χ1) is 8.56. The molecule has 0 aromatic heterocycles. The highest BCUT2D eigenvalue weighted by Crippen LogP contribution is 2.13. The van der Waals surface area contributed by atoms with Crippen LogP contribution in [0.2, 0.25) is 0 Å². The Balaban J connectivity index is 1.99. The van der Waals surface area contributed by atoms with Crippen molar-refractivity contribution in [2.75, 3.05) is 26.7 Å². The molecule has 1 aliphatic rings. The van der Waals surface area contributed by atoms with Crippen LogP contribution in [0.3, 0.4) is 0 Å². The quantitative estimate of drug-likeness (QED) is 0.881. The molecule has 0 saturated carbocycles. The maximum Gasteiger partial charge on any atom is 0.335 e. The van der Waals surface area contributed by atoms with Crippen LogP contribution < -0.4 is 0 Å². The van der Waals surface area contributed by atoms with E-state index in [-0.39, 0.29) is 0 Å². The van der Waals surface area contributed by atoms with Crippen molar-refractivity contribution in [3.63, 3.8) is 0 Å². The Hall–Kier alpha value is -1.39. The van der Waals surface area contributed by atoms with E-state index in [0.29, 0.717) is 11.6 Å². The topological polar surface area (TPSA) is 43.8 Å². The predicted octanol–water partition coefficient (Wildman–Crippen LogP) is 1.52. The van der Waals surface area contributed by atoms with Crippen molar-refractivity contribution in [2.45, 2.75) is 19.5 Å². The van der Waals surface area contributed by atoms with Crippen molar-refractivity contribution in [1.82, 2.24) is 9.80 Å². The molecular weight excluding hydrogens is 228 g/mol. The fraction of sp³-hybridized carbons (Fsp3) is 0.500. The van der Waals surface area contributed by atoms with Crippen LogP contribution in [0, 0.1) is 0 Å². The zero-order valence-corrected chi connectivity index (χ0v) is 11.0. The van der Waals surface area contributed by atoms with Crippen LogP contribution in [0.25, 0.3) is 0 Å². The predicted molar refractivity (Wildman–Crippen MR) is 70.8 cm³/mol. The molecule has 1 aliphatic heterocycles. The molecule has 1 unspecified atom stereocenters. The summed E-state index contributed by atoms with van der Waals surface area (Å²) in [4.78, 5) is 15.6. The van der Waals surface area contributed by atoms with Crippen LogP contribution in [-0.2, 0) is 6.54 Å². The Kier molecular flexibility index (Phi) is 3.99. The van der Waals surface area contributed by atoms with Gasteiger partial charge in [-0.1, -0.05) is 12.1 Å². The van der Waals surface area contributed by atoms with E-state index in [9.17, 15) is 4.79 Å². The molecule has 0 aliphatic carbocycles. The molecule has 1 heterocycles. The second kappa shape index (κ2) is 5.50. The third-order valence-electron chi connectivity index (χ3n) is 3.55. The van der Waals surface area contributed by atoms with E-state index >= 15 is 0 Å². The fourth-order valence-electron chi connectivity index (χ4n) is 2.40. The normalized spacial score (nSPS) is 22.0. The molecule has 1 aromatic rings. The first-order valence-electron chi connectivity index (χ1n) is 6.31. The summed E-state index contributed by atoms with van der Waals surface area (Å²) in [6.07, 6.45) is 0. The molecule has 0 bridgehead atoms. The SMILES string of the molecule is CC1CN(C)CCN1Cc1ccc(C(=O)O)cc1. The Morgan fingerprint density at radius 3 is 2.56 bits per heavy atom. The highest BCUT2D eigenvalue weighted by Gasteiger charge is 2.21. The van der Waals surface area contributed by atoms with E-state index in [4.69, 9.17) is 5.11 Å². The zero-order valence-electron chi connectivity index (χ0n) is 11.0. The number of carbonyl (C=O) groups is 1. The molecule has 1 fully saturated rings. The fourth-order valence-corrected chi connectivity index (χ4v) is 2.40. The van der Waals surface area contributed by atoms with Gasteiger partial charge in [0.2, 0.25) is 0 Å². The summed E-state index contributed by atoms with van der Waals surface area (Å²) in [6.45, 7) is 6.39. The maximum atomic E-state index is 10.8. The lowest BCUT2D eigenvalue weighted by Crippen LogP contribution is -2.49. The van der Waals surface area contributed by atoms with Crippen LogP contribution >= 0.6 is 0 Å². The van der Waals surface area contributed by atoms with Gasteiger partial charge in [-0.05, 0) is 31.7 Å². The van der Waals surface area contributed by atoms with E-state index in [1.807, 2.05) is 12.1 Å². The Bertz CT molecular complexity index is 416. The van der Waals surface area contributed by atoms with E-state index in [0.717, 1.165) is 26.2 Å². The second-order valence-electron chi connectivity index (χ2n) is 5.08. The van der Waals surface area contributed by atoms with E-state index in [1.54, 1.807) is 12.1 Å². The Labute approximate surface area is 108 Å². The monoisotopic (exact) mass is 248 g/mol. The molecule has 1 N–H and O–H groups in total. The molecular formula is C14H20N2O2. The largest absolute Gasteiger partial charge is 0.478 e. The van der Waals surface area contributed by atoms with Gasteiger partial charge in [0.1, 0.15) is 0 Å². The van der Waals surface area contributed by atoms with Crippen LogP contribution in [0.4, 0.5) is 0 Å². The van der Waals surface area contributed by atoms with Crippen molar-refractivity contribution < 1.29 is 9.90 Å². The second-order valence-corrected chi connectivity index (χ2v) is 5.08. The average Bonchev–Trinajstić information content (AvgIpc) is 2.33. The third-order valence-corrected chi connectivity index (χ3v) is 3.55. The average molecular weight is 248 g/mol. The Morgan fingerprint density at radius 1 is 1.33 bits per heavy atom. The van der Waals surface area contributed by atoms with Crippen molar-refractivity contribution in [2.24, 2.45) is 0 Å². The van der Waals surface area contributed by atoms with Crippen molar-refractivity contribution in [3.05, 3.63) is 35.4 Å². The van der Waals surface area contributed by atoms with Gasteiger partial charge < -0.3 is 10.0 Å². The number of carboxylic acid groups (broad SMARTS) is 1. The van der Waals surface area contributed by atoms with Crippen LogP contribution in [0.5, 0.6) is 0 Å². The number of hydrogen-bond acceptors (Lipinski definition) is 3. The first-order valence-corrected chi connectivity index (χ1v) is 6.31. The summed E-state index contributed by atoms with van der Waals surface area (Å²) in [5.74, 6) is -0.866. The van der Waals surface area contributed by atoms with Gasteiger partial charge >= 0.3 is 5.97 Å². The summed E-state index contributed by atoms with van der Waals surface area (Å²) in [5.41, 5.74) is 1.53. The van der Waals surface area contributed by atoms with E-state index < -0.39 is 5.97 Å². The van der Waals surface area contributed by atoms with Gasteiger partial charge in [0.25, 0.3) is 0 Å². The van der Waals surface area contributed by atoms with E-state index in [2.05, 4.69) is 23.8 Å². The minimum Gasteiger partial charge on any atom is -0.478 e. The lowest BCUT2D eigenvalue weighted by Gasteiger charge is -2.38. The van der Waals surface area contributed by atoms with Gasteiger partial charge in [-0.2, -0.15) is 0 Å². The molecule has 0 amide bonds. The molecule has 98 valence electrons. The van der Waals surface area contributed by atoms with E-state index in [1.165, 1.54) is 5.56 Å². The van der Waals surface area contributed by atoms with Crippen LogP contribution in [0.15, 0.2) is 24.3 Å². The minimum absolute atomic E-state index is 0.352. The number of likely N-dealkylation sites (N-methyl/N-ethyl adjacent to an activating group) is 1. The summed E-state index contributed by atoms with van der Waals surface area (Å²) in [5, 5.41) is 8.85. The van der Waals surface area contributed by atoms with Gasteiger partial charge in [0.05, 0.1) is 5.56 Å². The standard InChI is InChI=1S/C14H20N2O2/c1-11-9-15(2)7-8-16(11)10-12-3-5-13(6-4-12)14(17)18/h3-6,11H,7-10H2,1-2H3,(H,17,18). The molecule has 4 nitrogen and oxygen atoms in total. The summed E-state index contributed by atoms with van der Waals surface area (Å²) in [6, 6.07) is 7.72. The summed E-state index contributed by atoms with van der Waals surface area (Å²) < 4.78 is 0. The number of hydrogen-bond donors (Lipinski definition) is 1. The molecule has 2 rings (SSSR count). The lowest BCUT2D eigenvalue weighted by molar-refractivity contribution is 0.0696. The van der Waals surface area contributed by atoms with Crippen molar-refractivity contribution >= 4 is 5.97 Å². The molecule has 1 atom stereocenters. The van der Waals surface area contributed by atoms with Gasteiger partial charge in [0, 0.05) is 32.2 Å². The number of rotatable bonds is 3. The molecule has 4 heteroatoms. The summed E-state index contributed by atoms with van der Waals surface area (Å²) >= 11 is 0. The third kappa shape index (κ3) is 3.09. The lowest BCUT2D eigenvalue weighted by atomic mass is 10.1. The smallest absolute Gasteiger partial charge is 0.335 e. The highest BCUT2D eigenvalue weighted by molar-refractivity contribution is 5.87. The number of benzene rings is 1. The molecule has 1 aromatic carbocycles. The number of piperazine rings is 1. The highest BCUT2D eigenvalue weighted by atomic mass is 16.4. The first kappa shape index (κ1) is 13.1. The molecule has 18 heavy (non-hydrogen) atoms. The van der Waals surface area contributed by atoms with Crippen LogP contribution in [-0.4, -0.2) is 53.6 Å². The van der Waals surface area contributed by atoms with Gasteiger partial charge in [0.15, 0.2) is 0 Å². The minimum atomic E-state index is -0.866. The molecule has 0 spiro atoms. The van der Waals surface area contributed by atoms with Gasteiger partial charge in [-0.25, -0.2) is 4.79 Å². The molecule has 1 saturated heterocycles. The number of carboxylic acids is 1. The van der Waals surface area contributed by atoms with Gasteiger partial charge in [-0.3, -0.25) is 4.90 Å².